The zero-order valence-electron chi connectivity index (χ0n) is 13.9. The maximum Gasteiger partial charge on any atom is 0.0702 e. The predicted molar refractivity (Wildman–Crippen MR) is 86.6 cm³/mol. The molecule has 0 radical (unpaired) electrons. The lowest BCUT2D eigenvalue weighted by molar-refractivity contribution is 0.0245. The van der Waals surface area contributed by atoms with E-state index in [2.05, 4.69) is 24.1 Å². The summed E-state index contributed by atoms with van der Waals surface area (Å²) in [5.74, 6) is 0. The molecule has 4 nitrogen and oxygen atoms in total. The highest BCUT2D eigenvalue weighted by Crippen LogP contribution is 2.31. The Hall–Kier alpha value is -0.160. The number of nitrogens with one attached hydrogen (secondary N) is 1. The lowest BCUT2D eigenvalue weighted by atomic mass is 9.78. The molecule has 0 bridgehead atoms. The molecular formula is C17H34N2O2. The lowest BCUT2D eigenvalue weighted by Crippen LogP contribution is -2.56. The first kappa shape index (κ1) is 17.2. The van der Waals surface area contributed by atoms with Crippen LogP contribution in [-0.4, -0.2) is 60.5 Å². The molecule has 1 saturated carbocycles. The molecule has 3 atom stereocenters. The minimum atomic E-state index is -0.0527. The molecular weight excluding hydrogens is 264 g/mol. The second-order valence-electron chi connectivity index (χ2n) is 6.84. The van der Waals surface area contributed by atoms with Crippen LogP contribution in [0.25, 0.3) is 0 Å². The molecule has 1 aliphatic heterocycles. The quantitative estimate of drug-likeness (QED) is 0.721. The minimum absolute atomic E-state index is 0.0527. The van der Waals surface area contributed by atoms with Gasteiger partial charge in [0, 0.05) is 24.7 Å². The van der Waals surface area contributed by atoms with E-state index in [-0.39, 0.29) is 12.1 Å². The van der Waals surface area contributed by atoms with Crippen LogP contribution in [0.2, 0.25) is 0 Å². The molecule has 2 aliphatic rings. The molecule has 1 heterocycles. The van der Waals surface area contributed by atoms with Gasteiger partial charge in [0.1, 0.15) is 0 Å². The summed E-state index contributed by atoms with van der Waals surface area (Å²) in [7, 11) is 0. The number of hydrogen-bond donors (Lipinski definition) is 2. The van der Waals surface area contributed by atoms with Crippen molar-refractivity contribution in [3.05, 3.63) is 0 Å². The Balaban J connectivity index is 1.93. The molecule has 0 amide bonds. The number of likely N-dealkylation sites (N-methyl/N-ethyl adjacent to an activating group) is 1. The zero-order valence-corrected chi connectivity index (χ0v) is 13.9. The van der Waals surface area contributed by atoms with Gasteiger partial charge in [0.05, 0.1) is 12.7 Å². The van der Waals surface area contributed by atoms with Gasteiger partial charge in [-0.05, 0) is 58.0 Å². The van der Waals surface area contributed by atoms with Crippen LogP contribution in [0, 0.1) is 0 Å². The van der Waals surface area contributed by atoms with Crippen LogP contribution in [0.5, 0.6) is 0 Å². The van der Waals surface area contributed by atoms with Gasteiger partial charge in [-0.3, -0.25) is 4.90 Å². The fourth-order valence-electron chi connectivity index (χ4n) is 3.98. The number of aliphatic hydroxyl groups is 1. The third kappa shape index (κ3) is 4.65. The molecule has 3 unspecified atom stereocenters. The van der Waals surface area contributed by atoms with E-state index in [4.69, 9.17) is 4.74 Å². The van der Waals surface area contributed by atoms with Gasteiger partial charge in [-0.1, -0.05) is 13.8 Å². The highest BCUT2D eigenvalue weighted by atomic mass is 16.5. The van der Waals surface area contributed by atoms with Gasteiger partial charge in [-0.2, -0.15) is 0 Å². The van der Waals surface area contributed by atoms with E-state index in [1.165, 1.54) is 25.7 Å². The standard InChI is InChI=1S/C17H34N2O2/c1-3-10-18-17(14-20)9-5-7-15(12-17)19(4-2)13-16-8-6-11-21-16/h15-16,18,20H,3-14H2,1-2H3. The van der Waals surface area contributed by atoms with E-state index < -0.39 is 0 Å². The van der Waals surface area contributed by atoms with Crippen LogP contribution in [0.4, 0.5) is 0 Å². The molecule has 0 aromatic heterocycles. The zero-order chi connectivity index (χ0) is 15.1. The number of nitrogens with zero attached hydrogens (tertiary/aromatic N) is 1. The lowest BCUT2D eigenvalue weighted by Gasteiger charge is -2.45. The molecule has 124 valence electrons. The summed E-state index contributed by atoms with van der Waals surface area (Å²) in [5.41, 5.74) is -0.0527. The van der Waals surface area contributed by atoms with Gasteiger partial charge >= 0.3 is 0 Å². The van der Waals surface area contributed by atoms with E-state index in [1.54, 1.807) is 0 Å². The van der Waals surface area contributed by atoms with Crippen molar-refractivity contribution >= 4 is 0 Å². The SMILES string of the molecule is CCCNC1(CO)CCCC(N(CC)CC2CCCO2)C1. The number of ether oxygens (including phenoxy) is 1. The van der Waals surface area contributed by atoms with Gasteiger partial charge in [0.15, 0.2) is 0 Å². The smallest absolute Gasteiger partial charge is 0.0702 e. The first-order valence-electron chi connectivity index (χ1n) is 8.94. The fraction of sp³-hybridized carbons (Fsp3) is 1.00. The van der Waals surface area contributed by atoms with Gasteiger partial charge in [-0.25, -0.2) is 0 Å². The van der Waals surface area contributed by atoms with Crippen LogP contribution in [-0.2, 0) is 4.74 Å². The predicted octanol–water partition coefficient (Wildman–Crippen LogP) is 2.16. The van der Waals surface area contributed by atoms with E-state index in [9.17, 15) is 5.11 Å². The average molecular weight is 298 g/mol. The molecule has 1 saturated heterocycles. The second kappa shape index (κ2) is 8.47. The van der Waals surface area contributed by atoms with Crippen molar-refractivity contribution < 1.29 is 9.84 Å². The Morgan fingerprint density at radius 3 is 2.76 bits per heavy atom. The van der Waals surface area contributed by atoms with E-state index in [1.807, 2.05) is 0 Å². The van der Waals surface area contributed by atoms with Gasteiger partial charge < -0.3 is 15.2 Å². The van der Waals surface area contributed by atoms with E-state index >= 15 is 0 Å². The van der Waals surface area contributed by atoms with Gasteiger partial charge in [0.2, 0.25) is 0 Å². The topological polar surface area (TPSA) is 44.7 Å². The number of aliphatic hydroxyl groups excluding tert-OH is 1. The molecule has 1 aliphatic carbocycles. The highest BCUT2D eigenvalue weighted by Gasteiger charge is 2.37. The highest BCUT2D eigenvalue weighted by molar-refractivity contribution is 4.96. The van der Waals surface area contributed by atoms with Crippen molar-refractivity contribution in [3.63, 3.8) is 0 Å². The first-order chi connectivity index (χ1) is 10.2. The second-order valence-corrected chi connectivity index (χ2v) is 6.84. The molecule has 0 spiro atoms. The Morgan fingerprint density at radius 1 is 1.29 bits per heavy atom. The summed E-state index contributed by atoms with van der Waals surface area (Å²) in [5, 5.41) is 13.5. The van der Waals surface area contributed by atoms with Crippen molar-refractivity contribution in [2.75, 3.05) is 32.8 Å². The third-order valence-corrected chi connectivity index (χ3v) is 5.26. The maximum absolute atomic E-state index is 9.92. The minimum Gasteiger partial charge on any atom is -0.394 e. The van der Waals surface area contributed by atoms with Crippen LogP contribution < -0.4 is 5.32 Å². The number of hydrogen-bond acceptors (Lipinski definition) is 4. The number of rotatable bonds is 8. The summed E-state index contributed by atoms with van der Waals surface area (Å²) in [6, 6.07) is 0.587. The van der Waals surface area contributed by atoms with E-state index in [0.717, 1.165) is 45.5 Å². The summed E-state index contributed by atoms with van der Waals surface area (Å²) >= 11 is 0. The summed E-state index contributed by atoms with van der Waals surface area (Å²) in [6.07, 6.45) is 8.63. The van der Waals surface area contributed by atoms with Gasteiger partial charge in [-0.15, -0.1) is 0 Å². The normalized spacial score (nSPS) is 33.7. The summed E-state index contributed by atoms with van der Waals surface area (Å²) < 4.78 is 5.81. The fourth-order valence-corrected chi connectivity index (χ4v) is 3.98. The van der Waals surface area contributed by atoms with Crippen molar-refractivity contribution in [3.8, 4) is 0 Å². The van der Waals surface area contributed by atoms with E-state index in [0.29, 0.717) is 12.1 Å². The van der Waals surface area contributed by atoms with Gasteiger partial charge in [0.25, 0.3) is 0 Å². The van der Waals surface area contributed by atoms with Crippen LogP contribution in [0.15, 0.2) is 0 Å². The molecule has 2 N–H and O–H groups in total. The van der Waals surface area contributed by atoms with Crippen molar-refractivity contribution in [2.45, 2.75) is 76.5 Å². The molecule has 2 fully saturated rings. The third-order valence-electron chi connectivity index (χ3n) is 5.26. The Kier molecular flexibility index (Phi) is 6.93. The van der Waals surface area contributed by atoms with Crippen LogP contribution in [0.3, 0.4) is 0 Å². The maximum atomic E-state index is 9.92. The molecule has 21 heavy (non-hydrogen) atoms. The van der Waals surface area contributed by atoms with Crippen LogP contribution >= 0.6 is 0 Å². The van der Waals surface area contributed by atoms with Crippen molar-refractivity contribution in [1.82, 2.24) is 10.2 Å². The Labute approximate surface area is 130 Å². The monoisotopic (exact) mass is 298 g/mol. The molecule has 4 heteroatoms. The molecule has 0 aromatic carbocycles. The first-order valence-corrected chi connectivity index (χ1v) is 8.94. The molecule has 0 aromatic rings. The summed E-state index contributed by atoms with van der Waals surface area (Å²) in [4.78, 5) is 2.59. The van der Waals surface area contributed by atoms with Crippen molar-refractivity contribution in [1.29, 1.82) is 0 Å². The van der Waals surface area contributed by atoms with Crippen LogP contribution in [0.1, 0.15) is 58.8 Å². The largest absolute Gasteiger partial charge is 0.394 e. The Morgan fingerprint density at radius 2 is 2.14 bits per heavy atom. The molecule has 2 rings (SSSR count). The van der Waals surface area contributed by atoms with Crippen molar-refractivity contribution in [2.24, 2.45) is 0 Å². The average Bonchev–Trinajstić information content (AvgIpc) is 3.04. The Bertz CT molecular complexity index is 295. The summed E-state index contributed by atoms with van der Waals surface area (Å²) in [6.45, 7) is 8.80.